The highest BCUT2D eigenvalue weighted by molar-refractivity contribution is 6.39. The quantitative estimate of drug-likeness (QED) is 0.610. The van der Waals surface area contributed by atoms with Gasteiger partial charge in [-0.3, -0.25) is 14.4 Å². The monoisotopic (exact) mass is 437 g/mol. The SMILES string of the molecule is O=C(NCC[C@H](O)c1ccc2c(c1)OCO2)C(=O)Nc1cc2c3c(c1)CCN3C(=O)CC2. The van der Waals surface area contributed by atoms with Crippen LogP contribution in [0.1, 0.15) is 35.6 Å². The van der Waals surface area contributed by atoms with Gasteiger partial charge in [0.1, 0.15) is 0 Å². The Bertz CT molecular complexity index is 1120. The average Bonchev–Trinajstić information content (AvgIpc) is 3.43. The van der Waals surface area contributed by atoms with Crippen LogP contribution in [-0.2, 0) is 27.2 Å². The second-order valence-electron chi connectivity index (χ2n) is 8.07. The fourth-order valence-electron chi connectivity index (χ4n) is 4.41. The van der Waals surface area contributed by atoms with Gasteiger partial charge in [0.15, 0.2) is 11.5 Å². The van der Waals surface area contributed by atoms with Gasteiger partial charge in [-0.15, -0.1) is 0 Å². The highest BCUT2D eigenvalue weighted by Gasteiger charge is 2.31. The molecule has 2 aromatic rings. The lowest BCUT2D eigenvalue weighted by Gasteiger charge is -2.25. The Morgan fingerprint density at radius 3 is 2.66 bits per heavy atom. The van der Waals surface area contributed by atoms with Crippen molar-refractivity contribution < 1.29 is 29.0 Å². The van der Waals surface area contributed by atoms with Crippen LogP contribution >= 0.6 is 0 Å². The molecule has 3 amide bonds. The van der Waals surface area contributed by atoms with Gasteiger partial charge in [0.2, 0.25) is 12.7 Å². The van der Waals surface area contributed by atoms with Crippen molar-refractivity contribution in [2.24, 2.45) is 0 Å². The Morgan fingerprint density at radius 2 is 1.81 bits per heavy atom. The van der Waals surface area contributed by atoms with E-state index in [2.05, 4.69) is 10.6 Å². The molecule has 0 unspecified atom stereocenters. The van der Waals surface area contributed by atoms with Crippen molar-refractivity contribution >= 4 is 29.1 Å². The number of amides is 3. The summed E-state index contributed by atoms with van der Waals surface area (Å²) in [6, 6.07) is 8.83. The van der Waals surface area contributed by atoms with Crippen molar-refractivity contribution in [3.05, 3.63) is 47.0 Å². The highest BCUT2D eigenvalue weighted by Crippen LogP contribution is 2.38. The first-order valence-electron chi connectivity index (χ1n) is 10.6. The molecule has 1 atom stereocenters. The van der Waals surface area contributed by atoms with Gasteiger partial charge in [-0.2, -0.15) is 0 Å². The third-order valence-electron chi connectivity index (χ3n) is 6.00. The summed E-state index contributed by atoms with van der Waals surface area (Å²) in [5.74, 6) is -0.197. The predicted octanol–water partition coefficient (Wildman–Crippen LogP) is 1.43. The first kappa shape index (κ1) is 20.3. The van der Waals surface area contributed by atoms with E-state index in [-0.39, 0.29) is 25.7 Å². The number of rotatable bonds is 5. The van der Waals surface area contributed by atoms with Crippen LogP contribution in [0, 0.1) is 0 Å². The third kappa shape index (κ3) is 3.75. The number of aliphatic hydroxyl groups is 1. The third-order valence-corrected chi connectivity index (χ3v) is 6.00. The summed E-state index contributed by atoms with van der Waals surface area (Å²) >= 11 is 0. The van der Waals surface area contributed by atoms with E-state index < -0.39 is 17.9 Å². The number of fused-ring (bicyclic) bond motifs is 1. The summed E-state index contributed by atoms with van der Waals surface area (Å²) in [4.78, 5) is 38.4. The molecule has 3 heterocycles. The van der Waals surface area contributed by atoms with Gasteiger partial charge in [0.25, 0.3) is 0 Å². The molecule has 0 spiro atoms. The van der Waals surface area contributed by atoms with Crippen LogP contribution in [0.15, 0.2) is 30.3 Å². The molecule has 0 aliphatic carbocycles. The zero-order chi connectivity index (χ0) is 22.2. The summed E-state index contributed by atoms with van der Waals surface area (Å²) in [5.41, 5.74) is 4.18. The van der Waals surface area contributed by atoms with E-state index in [1.807, 2.05) is 12.1 Å². The molecular weight excluding hydrogens is 414 g/mol. The summed E-state index contributed by atoms with van der Waals surface area (Å²) in [5, 5.41) is 15.5. The van der Waals surface area contributed by atoms with Crippen LogP contribution in [0.3, 0.4) is 0 Å². The van der Waals surface area contributed by atoms with E-state index >= 15 is 0 Å². The molecule has 9 heteroatoms. The minimum atomic E-state index is -0.816. The number of nitrogens with zero attached hydrogens (tertiary/aromatic N) is 1. The summed E-state index contributed by atoms with van der Waals surface area (Å²) in [6.45, 7) is 0.946. The van der Waals surface area contributed by atoms with Crippen LogP contribution in [-0.4, -0.2) is 42.7 Å². The highest BCUT2D eigenvalue weighted by atomic mass is 16.7. The lowest BCUT2D eigenvalue weighted by Crippen LogP contribution is -2.36. The normalized spacial score (nSPS) is 16.5. The molecule has 3 aliphatic rings. The fourth-order valence-corrected chi connectivity index (χ4v) is 4.41. The Labute approximate surface area is 184 Å². The Morgan fingerprint density at radius 1 is 1.03 bits per heavy atom. The van der Waals surface area contributed by atoms with E-state index in [1.165, 1.54) is 0 Å². The number of ether oxygens (including phenoxy) is 2. The molecule has 0 aromatic heterocycles. The number of carbonyl (C=O) groups is 3. The van der Waals surface area contributed by atoms with Crippen molar-refractivity contribution in [3.8, 4) is 11.5 Å². The smallest absolute Gasteiger partial charge is 0.313 e. The van der Waals surface area contributed by atoms with Gasteiger partial charge < -0.3 is 30.1 Å². The Hall–Kier alpha value is -3.59. The van der Waals surface area contributed by atoms with E-state index in [0.717, 1.165) is 23.2 Å². The zero-order valence-corrected chi connectivity index (χ0v) is 17.3. The number of carbonyl (C=O) groups excluding carboxylic acids is 3. The van der Waals surface area contributed by atoms with Crippen molar-refractivity contribution in [3.63, 3.8) is 0 Å². The van der Waals surface area contributed by atoms with Crippen LogP contribution in [0.25, 0.3) is 0 Å². The first-order chi connectivity index (χ1) is 15.5. The molecule has 0 saturated heterocycles. The second-order valence-corrected chi connectivity index (χ2v) is 8.07. The van der Waals surface area contributed by atoms with Crippen molar-refractivity contribution in [2.45, 2.75) is 31.8 Å². The number of benzene rings is 2. The van der Waals surface area contributed by atoms with Gasteiger partial charge in [0.05, 0.1) is 11.8 Å². The molecule has 2 aromatic carbocycles. The van der Waals surface area contributed by atoms with E-state index in [9.17, 15) is 19.5 Å². The van der Waals surface area contributed by atoms with Gasteiger partial charge in [0, 0.05) is 25.2 Å². The van der Waals surface area contributed by atoms with Gasteiger partial charge in [-0.25, -0.2) is 0 Å². The predicted molar refractivity (Wildman–Crippen MR) is 115 cm³/mol. The maximum Gasteiger partial charge on any atom is 0.313 e. The van der Waals surface area contributed by atoms with Gasteiger partial charge in [-0.05, 0) is 60.2 Å². The maximum atomic E-state index is 12.3. The number of aliphatic hydroxyl groups excluding tert-OH is 1. The van der Waals surface area contributed by atoms with Crippen LogP contribution < -0.4 is 25.0 Å². The summed E-state index contributed by atoms with van der Waals surface area (Å²) < 4.78 is 10.6. The number of aryl methyl sites for hydroxylation is 1. The largest absolute Gasteiger partial charge is 0.454 e. The average molecular weight is 437 g/mol. The summed E-state index contributed by atoms with van der Waals surface area (Å²) in [6.07, 6.45) is 1.25. The van der Waals surface area contributed by atoms with Gasteiger partial charge >= 0.3 is 11.8 Å². The fraction of sp³-hybridized carbons (Fsp3) is 0.348. The Balaban J connectivity index is 1.15. The van der Waals surface area contributed by atoms with Gasteiger partial charge in [-0.1, -0.05) is 6.07 Å². The van der Waals surface area contributed by atoms with E-state index in [1.54, 1.807) is 23.1 Å². The Kier molecular flexibility index (Phi) is 5.18. The molecule has 166 valence electrons. The number of hydrogen-bond acceptors (Lipinski definition) is 6. The first-order valence-corrected chi connectivity index (χ1v) is 10.6. The van der Waals surface area contributed by atoms with Crippen LogP contribution in [0.5, 0.6) is 11.5 Å². The van der Waals surface area contributed by atoms with Crippen molar-refractivity contribution in [1.29, 1.82) is 0 Å². The molecule has 9 nitrogen and oxygen atoms in total. The molecule has 5 rings (SSSR count). The second kappa shape index (κ2) is 8.16. The minimum absolute atomic E-state index is 0.133. The van der Waals surface area contributed by atoms with Crippen LogP contribution in [0.2, 0.25) is 0 Å². The molecule has 0 fully saturated rings. The molecule has 0 bridgehead atoms. The lowest BCUT2D eigenvalue weighted by molar-refractivity contribution is -0.136. The van der Waals surface area contributed by atoms with Crippen LogP contribution in [0.4, 0.5) is 11.4 Å². The maximum absolute atomic E-state index is 12.3. The standard InChI is InChI=1S/C23H23N3O6/c27-17(13-1-3-18-19(11-13)32-12-31-18)5-7-24-22(29)23(30)25-16-9-14-2-4-20(28)26-8-6-15(10-16)21(14)26/h1,3,9-11,17,27H,2,4-8,12H2,(H,24,29)(H,25,30)/t17-/m0/s1. The molecule has 3 aliphatic heterocycles. The topological polar surface area (TPSA) is 117 Å². The summed E-state index contributed by atoms with van der Waals surface area (Å²) in [7, 11) is 0. The minimum Gasteiger partial charge on any atom is -0.454 e. The zero-order valence-electron chi connectivity index (χ0n) is 17.3. The van der Waals surface area contributed by atoms with E-state index in [0.29, 0.717) is 42.1 Å². The number of anilines is 2. The number of hydrogen-bond donors (Lipinski definition) is 3. The van der Waals surface area contributed by atoms with Crippen molar-refractivity contribution in [2.75, 3.05) is 30.1 Å². The van der Waals surface area contributed by atoms with E-state index in [4.69, 9.17) is 9.47 Å². The molecule has 0 saturated carbocycles. The molecular formula is C23H23N3O6. The van der Waals surface area contributed by atoms with Crippen molar-refractivity contribution in [1.82, 2.24) is 5.32 Å². The molecule has 32 heavy (non-hydrogen) atoms. The lowest BCUT2D eigenvalue weighted by atomic mass is 9.98. The molecule has 0 radical (unpaired) electrons. The molecule has 3 N–H and O–H groups in total. The number of nitrogens with one attached hydrogen (secondary N) is 2.